The van der Waals surface area contributed by atoms with Gasteiger partial charge in [-0.2, -0.15) is 0 Å². The summed E-state index contributed by atoms with van der Waals surface area (Å²) >= 11 is 1.31. The molecule has 2 N–H and O–H groups in total. The van der Waals surface area contributed by atoms with Gasteiger partial charge >= 0.3 is 0 Å². The van der Waals surface area contributed by atoms with Crippen LogP contribution in [0.15, 0.2) is 34.7 Å². The number of aromatic nitrogens is 1. The first-order chi connectivity index (χ1) is 9.03. The van der Waals surface area contributed by atoms with E-state index in [2.05, 4.69) is 9.71 Å². The van der Waals surface area contributed by atoms with E-state index in [9.17, 15) is 12.8 Å². The molecule has 0 saturated carbocycles. The summed E-state index contributed by atoms with van der Waals surface area (Å²) in [6.07, 6.45) is 1.57. The number of benzene rings is 1. The molecular formula is C11H11FN2O3S2. The summed E-state index contributed by atoms with van der Waals surface area (Å²) in [5, 5.41) is 11.4. The Bertz CT molecular complexity index is 657. The highest BCUT2D eigenvalue weighted by atomic mass is 32.2. The summed E-state index contributed by atoms with van der Waals surface area (Å²) in [5.74, 6) is -0.674. The maximum absolute atomic E-state index is 13.1. The molecule has 0 saturated heterocycles. The first kappa shape index (κ1) is 14.1. The Labute approximate surface area is 113 Å². The predicted molar refractivity (Wildman–Crippen MR) is 68.5 cm³/mol. The maximum Gasteiger partial charge on any atom is 0.241 e. The summed E-state index contributed by atoms with van der Waals surface area (Å²) in [6, 6.07) is 3.23. The van der Waals surface area contributed by atoms with Crippen molar-refractivity contribution in [3.05, 3.63) is 46.2 Å². The second kappa shape index (κ2) is 5.74. The van der Waals surface area contributed by atoms with E-state index in [1.165, 1.54) is 17.4 Å². The minimum Gasteiger partial charge on any atom is -0.392 e. The fraction of sp³-hybridized carbons (Fsp3) is 0.182. The number of thiazole rings is 1. The van der Waals surface area contributed by atoms with E-state index >= 15 is 0 Å². The van der Waals surface area contributed by atoms with Gasteiger partial charge in [0.25, 0.3) is 0 Å². The lowest BCUT2D eigenvalue weighted by Crippen LogP contribution is -2.24. The minimum atomic E-state index is -3.88. The SMILES string of the molecule is O=S(=O)(NCc1nccs1)c1cc(F)ccc1CO. The molecule has 8 heteroatoms. The number of aliphatic hydroxyl groups excluding tert-OH is 1. The van der Waals surface area contributed by atoms with Gasteiger partial charge in [-0.15, -0.1) is 11.3 Å². The van der Waals surface area contributed by atoms with Gasteiger partial charge in [-0.3, -0.25) is 0 Å². The number of hydrogen-bond donors (Lipinski definition) is 2. The molecule has 0 fully saturated rings. The van der Waals surface area contributed by atoms with Crippen LogP contribution in [0, 0.1) is 5.82 Å². The lowest BCUT2D eigenvalue weighted by atomic mass is 10.2. The summed E-state index contributed by atoms with van der Waals surface area (Å²) in [7, 11) is -3.88. The molecule has 0 spiro atoms. The smallest absolute Gasteiger partial charge is 0.241 e. The standard InChI is InChI=1S/C11H11FN2O3S2/c12-9-2-1-8(7-15)10(5-9)19(16,17)14-6-11-13-3-4-18-11/h1-5,14-15H,6-7H2. The van der Waals surface area contributed by atoms with E-state index in [-0.39, 0.29) is 17.0 Å². The third-order valence-corrected chi connectivity index (χ3v) is 4.65. The molecule has 0 aliphatic heterocycles. The second-order valence-electron chi connectivity index (χ2n) is 3.66. The molecular weight excluding hydrogens is 291 g/mol. The molecule has 1 heterocycles. The Morgan fingerprint density at radius 3 is 2.84 bits per heavy atom. The minimum absolute atomic E-state index is 0.0291. The Morgan fingerprint density at radius 2 is 2.21 bits per heavy atom. The molecule has 1 aromatic carbocycles. The van der Waals surface area contributed by atoms with Crippen molar-refractivity contribution in [2.45, 2.75) is 18.0 Å². The Balaban J connectivity index is 2.26. The fourth-order valence-corrected chi connectivity index (χ4v) is 3.36. The van der Waals surface area contributed by atoms with Crippen LogP contribution in [0.4, 0.5) is 4.39 Å². The van der Waals surface area contributed by atoms with Crippen molar-refractivity contribution in [1.29, 1.82) is 0 Å². The van der Waals surface area contributed by atoms with Gasteiger partial charge in [0, 0.05) is 11.6 Å². The third-order valence-electron chi connectivity index (χ3n) is 2.39. The van der Waals surface area contributed by atoms with E-state index in [1.807, 2.05) is 0 Å². The summed E-state index contributed by atoms with van der Waals surface area (Å²) in [4.78, 5) is 3.68. The lowest BCUT2D eigenvalue weighted by molar-refractivity contribution is 0.278. The van der Waals surface area contributed by atoms with Crippen LogP contribution in [0.1, 0.15) is 10.6 Å². The number of nitrogens with one attached hydrogen (secondary N) is 1. The zero-order chi connectivity index (χ0) is 13.9. The van der Waals surface area contributed by atoms with Gasteiger partial charge in [0.05, 0.1) is 18.0 Å². The van der Waals surface area contributed by atoms with Crippen molar-refractivity contribution in [3.8, 4) is 0 Å². The first-order valence-electron chi connectivity index (χ1n) is 5.30. The molecule has 0 radical (unpaired) electrons. The highest BCUT2D eigenvalue weighted by Gasteiger charge is 2.19. The molecule has 1 aromatic heterocycles. The summed E-state index contributed by atoms with van der Waals surface area (Å²) < 4.78 is 39.6. The van der Waals surface area contributed by atoms with Crippen molar-refractivity contribution in [2.24, 2.45) is 0 Å². The predicted octanol–water partition coefficient (Wildman–Crippen LogP) is 1.25. The maximum atomic E-state index is 13.1. The molecule has 2 rings (SSSR count). The summed E-state index contributed by atoms with van der Waals surface area (Å²) in [5.41, 5.74) is 0.146. The highest BCUT2D eigenvalue weighted by Crippen LogP contribution is 2.18. The van der Waals surface area contributed by atoms with Crippen LogP contribution in [0.3, 0.4) is 0 Å². The number of sulfonamides is 1. The van der Waals surface area contributed by atoms with Crippen LogP contribution in [-0.4, -0.2) is 18.5 Å². The van der Waals surface area contributed by atoms with Crippen molar-refractivity contribution in [3.63, 3.8) is 0 Å². The Morgan fingerprint density at radius 1 is 1.42 bits per heavy atom. The topological polar surface area (TPSA) is 79.3 Å². The average molecular weight is 302 g/mol. The van der Waals surface area contributed by atoms with Crippen molar-refractivity contribution < 1.29 is 17.9 Å². The first-order valence-corrected chi connectivity index (χ1v) is 7.66. The third kappa shape index (κ3) is 3.35. The largest absolute Gasteiger partial charge is 0.392 e. The van der Waals surface area contributed by atoms with Gasteiger partial charge < -0.3 is 5.11 Å². The van der Waals surface area contributed by atoms with Gasteiger partial charge in [-0.1, -0.05) is 6.07 Å². The van der Waals surface area contributed by atoms with E-state index in [0.717, 1.165) is 12.1 Å². The molecule has 0 aliphatic rings. The van der Waals surface area contributed by atoms with Crippen LogP contribution < -0.4 is 4.72 Å². The monoisotopic (exact) mass is 302 g/mol. The van der Waals surface area contributed by atoms with Crippen LogP contribution >= 0.6 is 11.3 Å². The van der Waals surface area contributed by atoms with Gasteiger partial charge in [0.1, 0.15) is 10.8 Å². The molecule has 0 bridgehead atoms. The van der Waals surface area contributed by atoms with Gasteiger partial charge in [-0.05, 0) is 17.7 Å². The lowest BCUT2D eigenvalue weighted by Gasteiger charge is -2.09. The number of halogens is 1. The van der Waals surface area contributed by atoms with E-state index < -0.39 is 22.4 Å². The zero-order valence-electron chi connectivity index (χ0n) is 9.71. The number of aliphatic hydroxyl groups is 1. The van der Waals surface area contributed by atoms with Crippen LogP contribution in [0.25, 0.3) is 0 Å². The molecule has 102 valence electrons. The van der Waals surface area contributed by atoms with Crippen LogP contribution in [-0.2, 0) is 23.2 Å². The molecule has 0 atom stereocenters. The Kier molecular flexibility index (Phi) is 4.25. The van der Waals surface area contributed by atoms with Crippen molar-refractivity contribution >= 4 is 21.4 Å². The molecule has 0 aliphatic carbocycles. The normalized spacial score (nSPS) is 11.7. The zero-order valence-corrected chi connectivity index (χ0v) is 11.3. The number of nitrogens with zero attached hydrogens (tertiary/aromatic N) is 1. The van der Waals surface area contributed by atoms with Crippen LogP contribution in [0.5, 0.6) is 0 Å². The van der Waals surface area contributed by atoms with Gasteiger partial charge in [0.15, 0.2) is 0 Å². The highest BCUT2D eigenvalue weighted by molar-refractivity contribution is 7.89. The van der Waals surface area contributed by atoms with Crippen molar-refractivity contribution in [1.82, 2.24) is 9.71 Å². The quantitative estimate of drug-likeness (QED) is 0.871. The molecule has 2 aromatic rings. The fourth-order valence-electron chi connectivity index (χ4n) is 1.48. The average Bonchev–Trinajstić information content (AvgIpc) is 2.89. The van der Waals surface area contributed by atoms with E-state index in [4.69, 9.17) is 5.11 Å². The van der Waals surface area contributed by atoms with Gasteiger partial charge in [0.2, 0.25) is 10.0 Å². The van der Waals surface area contributed by atoms with E-state index in [0.29, 0.717) is 5.01 Å². The van der Waals surface area contributed by atoms with Crippen LogP contribution in [0.2, 0.25) is 0 Å². The number of hydrogen-bond acceptors (Lipinski definition) is 5. The molecule has 0 amide bonds. The molecule has 5 nitrogen and oxygen atoms in total. The number of rotatable bonds is 5. The van der Waals surface area contributed by atoms with E-state index in [1.54, 1.807) is 11.6 Å². The molecule has 0 unspecified atom stereocenters. The second-order valence-corrected chi connectivity index (χ2v) is 6.38. The van der Waals surface area contributed by atoms with Gasteiger partial charge in [-0.25, -0.2) is 22.5 Å². The molecule has 19 heavy (non-hydrogen) atoms. The van der Waals surface area contributed by atoms with Crippen molar-refractivity contribution in [2.75, 3.05) is 0 Å². The Hall–Kier alpha value is -1.35. The summed E-state index contributed by atoms with van der Waals surface area (Å²) in [6.45, 7) is -0.449.